The van der Waals surface area contributed by atoms with Gasteiger partial charge >= 0.3 is 0 Å². The van der Waals surface area contributed by atoms with Gasteiger partial charge in [0.1, 0.15) is 11.9 Å². The summed E-state index contributed by atoms with van der Waals surface area (Å²) in [5.41, 5.74) is 3.76. The maximum atomic E-state index is 5.66. The van der Waals surface area contributed by atoms with Crippen molar-refractivity contribution < 1.29 is 14.2 Å². The van der Waals surface area contributed by atoms with Crippen LogP contribution in [0.5, 0.6) is 5.75 Å². The van der Waals surface area contributed by atoms with Gasteiger partial charge in [0, 0.05) is 5.56 Å². The highest BCUT2D eigenvalue weighted by molar-refractivity contribution is 5.36. The molecule has 0 amide bonds. The molecule has 5 nitrogen and oxygen atoms in total. The molecule has 1 fully saturated rings. The molecule has 0 radical (unpaired) electrons. The summed E-state index contributed by atoms with van der Waals surface area (Å²) in [7, 11) is 1.64. The highest BCUT2D eigenvalue weighted by Crippen LogP contribution is 2.28. The Bertz CT molecular complexity index is 353. The molecule has 1 aromatic rings. The third-order valence-corrected chi connectivity index (χ3v) is 2.87. The van der Waals surface area contributed by atoms with Crippen LogP contribution in [0.15, 0.2) is 24.3 Å². The zero-order valence-corrected chi connectivity index (χ0v) is 9.89. The van der Waals surface area contributed by atoms with Crippen molar-refractivity contribution in [3.63, 3.8) is 0 Å². The molecule has 0 spiro atoms. The number of nitrogens with two attached hydrogens (primary N) is 1. The lowest BCUT2D eigenvalue weighted by Crippen LogP contribution is -2.43. The Kier molecular flexibility index (Phi) is 4.33. The minimum atomic E-state index is -0.133. The van der Waals surface area contributed by atoms with Gasteiger partial charge in [0.15, 0.2) is 0 Å². The smallest absolute Gasteiger partial charge is 0.123 e. The van der Waals surface area contributed by atoms with Gasteiger partial charge < -0.3 is 14.2 Å². The molecule has 5 heteroatoms. The van der Waals surface area contributed by atoms with Gasteiger partial charge in [-0.25, -0.2) is 0 Å². The first kappa shape index (κ1) is 12.3. The van der Waals surface area contributed by atoms with Crippen molar-refractivity contribution in [2.24, 2.45) is 5.84 Å². The number of benzene rings is 1. The summed E-state index contributed by atoms with van der Waals surface area (Å²) in [6, 6.07) is 7.62. The molecule has 1 aliphatic heterocycles. The summed E-state index contributed by atoms with van der Waals surface area (Å²) in [4.78, 5) is 0. The highest BCUT2D eigenvalue weighted by atomic mass is 16.6. The van der Waals surface area contributed by atoms with Crippen molar-refractivity contribution in [3.8, 4) is 5.75 Å². The van der Waals surface area contributed by atoms with Gasteiger partial charge in [-0.2, -0.15) is 0 Å². The summed E-state index contributed by atoms with van der Waals surface area (Å²) in [6.07, 6.45) is -0.0925. The lowest BCUT2D eigenvalue weighted by molar-refractivity contribution is -0.102. The summed E-state index contributed by atoms with van der Waals surface area (Å²) in [5.74, 6) is 6.41. The largest absolute Gasteiger partial charge is 0.496 e. The Labute approximate surface area is 101 Å². The first-order valence-corrected chi connectivity index (χ1v) is 5.65. The standard InChI is InChI=1S/C12H18N2O3/c1-15-10-5-3-2-4-9(10)12(14-13)11-8-16-6-7-17-11/h2-5,11-12,14H,6-8,13H2,1H3. The first-order chi connectivity index (χ1) is 8.36. The van der Waals surface area contributed by atoms with E-state index >= 15 is 0 Å². The Balaban J connectivity index is 2.21. The van der Waals surface area contributed by atoms with Crippen LogP contribution in [0, 0.1) is 0 Å². The number of para-hydroxylation sites is 1. The molecule has 17 heavy (non-hydrogen) atoms. The van der Waals surface area contributed by atoms with Crippen molar-refractivity contribution in [1.82, 2.24) is 5.43 Å². The van der Waals surface area contributed by atoms with Gasteiger partial charge in [-0.3, -0.25) is 11.3 Å². The maximum Gasteiger partial charge on any atom is 0.123 e. The Morgan fingerprint density at radius 1 is 1.41 bits per heavy atom. The fraction of sp³-hybridized carbons (Fsp3) is 0.500. The van der Waals surface area contributed by atoms with E-state index in [-0.39, 0.29) is 12.1 Å². The molecule has 2 rings (SSSR count). The Morgan fingerprint density at radius 3 is 2.88 bits per heavy atom. The van der Waals surface area contributed by atoms with Crippen LogP contribution in [0.25, 0.3) is 0 Å². The van der Waals surface area contributed by atoms with Crippen molar-refractivity contribution in [2.45, 2.75) is 12.1 Å². The van der Waals surface area contributed by atoms with Crippen molar-refractivity contribution in [2.75, 3.05) is 26.9 Å². The lowest BCUT2D eigenvalue weighted by atomic mass is 10.0. The van der Waals surface area contributed by atoms with E-state index in [1.54, 1.807) is 7.11 Å². The van der Waals surface area contributed by atoms with Gasteiger partial charge in [0.05, 0.1) is 33.0 Å². The van der Waals surface area contributed by atoms with E-state index in [9.17, 15) is 0 Å². The molecule has 0 saturated carbocycles. The molecule has 1 heterocycles. The molecular formula is C12H18N2O3. The fourth-order valence-corrected chi connectivity index (χ4v) is 2.02. The molecule has 2 atom stereocenters. The van der Waals surface area contributed by atoms with E-state index in [4.69, 9.17) is 20.1 Å². The van der Waals surface area contributed by atoms with E-state index in [1.807, 2.05) is 24.3 Å². The highest BCUT2D eigenvalue weighted by Gasteiger charge is 2.27. The second kappa shape index (κ2) is 5.97. The SMILES string of the molecule is COc1ccccc1C(NN)C1COCCO1. The van der Waals surface area contributed by atoms with Gasteiger partial charge in [0.2, 0.25) is 0 Å². The molecule has 2 unspecified atom stereocenters. The number of hydrazine groups is 1. The van der Waals surface area contributed by atoms with E-state index in [0.29, 0.717) is 19.8 Å². The fourth-order valence-electron chi connectivity index (χ4n) is 2.02. The average Bonchev–Trinajstić information content (AvgIpc) is 2.41. The quantitative estimate of drug-likeness (QED) is 0.594. The van der Waals surface area contributed by atoms with Crippen LogP contribution in [0.2, 0.25) is 0 Å². The number of hydrogen-bond donors (Lipinski definition) is 2. The van der Waals surface area contributed by atoms with Gasteiger partial charge in [-0.15, -0.1) is 0 Å². The summed E-state index contributed by atoms with van der Waals surface area (Å²) in [5, 5.41) is 0. The van der Waals surface area contributed by atoms with Crippen LogP contribution in [0.3, 0.4) is 0 Å². The Morgan fingerprint density at radius 2 is 2.24 bits per heavy atom. The van der Waals surface area contributed by atoms with Gasteiger partial charge in [0.25, 0.3) is 0 Å². The third kappa shape index (κ3) is 2.76. The van der Waals surface area contributed by atoms with E-state index < -0.39 is 0 Å². The van der Waals surface area contributed by atoms with Crippen LogP contribution in [-0.2, 0) is 9.47 Å². The first-order valence-electron chi connectivity index (χ1n) is 5.65. The summed E-state index contributed by atoms with van der Waals surface area (Å²) in [6.45, 7) is 1.77. The Hall–Kier alpha value is -1.14. The number of rotatable bonds is 4. The zero-order valence-electron chi connectivity index (χ0n) is 9.89. The molecule has 0 bridgehead atoms. The molecule has 3 N–H and O–H groups in total. The number of methoxy groups -OCH3 is 1. The normalized spacial score (nSPS) is 22.1. The van der Waals surface area contributed by atoms with Gasteiger partial charge in [-0.05, 0) is 6.07 Å². The molecule has 0 aromatic heterocycles. The minimum Gasteiger partial charge on any atom is -0.496 e. The molecular weight excluding hydrogens is 220 g/mol. The van der Waals surface area contributed by atoms with Crippen LogP contribution in [0.1, 0.15) is 11.6 Å². The lowest BCUT2D eigenvalue weighted by Gasteiger charge is -2.30. The van der Waals surface area contributed by atoms with E-state index in [2.05, 4.69) is 5.43 Å². The molecule has 0 aliphatic carbocycles. The van der Waals surface area contributed by atoms with Crippen LogP contribution >= 0.6 is 0 Å². The second-order valence-corrected chi connectivity index (χ2v) is 3.87. The zero-order chi connectivity index (χ0) is 12.1. The van der Waals surface area contributed by atoms with Crippen LogP contribution in [0.4, 0.5) is 0 Å². The number of hydrogen-bond acceptors (Lipinski definition) is 5. The molecule has 1 saturated heterocycles. The van der Waals surface area contributed by atoms with Gasteiger partial charge in [-0.1, -0.05) is 18.2 Å². The van der Waals surface area contributed by atoms with Crippen molar-refractivity contribution in [1.29, 1.82) is 0 Å². The van der Waals surface area contributed by atoms with E-state index in [1.165, 1.54) is 0 Å². The van der Waals surface area contributed by atoms with Crippen LogP contribution in [-0.4, -0.2) is 33.0 Å². The number of ether oxygens (including phenoxy) is 3. The molecule has 94 valence electrons. The summed E-state index contributed by atoms with van der Waals surface area (Å²) >= 11 is 0. The number of nitrogens with one attached hydrogen (secondary N) is 1. The monoisotopic (exact) mass is 238 g/mol. The minimum absolute atomic E-state index is 0.0925. The van der Waals surface area contributed by atoms with Crippen molar-refractivity contribution in [3.05, 3.63) is 29.8 Å². The maximum absolute atomic E-state index is 5.66. The average molecular weight is 238 g/mol. The van der Waals surface area contributed by atoms with Crippen molar-refractivity contribution >= 4 is 0 Å². The topological polar surface area (TPSA) is 65.7 Å². The second-order valence-electron chi connectivity index (χ2n) is 3.87. The van der Waals surface area contributed by atoms with E-state index in [0.717, 1.165) is 11.3 Å². The predicted molar refractivity (Wildman–Crippen MR) is 63.6 cm³/mol. The van der Waals surface area contributed by atoms with Crippen LogP contribution < -0.4 is 16.0 Å². The third-order valence-electron chi connectivity index (χ3n) is 2.87. The molecule has 1 aliphatic rings. The molecule has 1 aromatic carbocycles. The summed E-state index contributed by atoms with van der Waals surface area (Å²) < 4.78 is 16.4. The predicted octanol–water partition coefficient (Wildman–Crippen LogP) is 0.615.